The molecule has 3 rings (SSSR count). The summed E-state index contributed by atoms with van der Waals surface area (Å²) in [5.41, 5.74) is 3.95. The van der Waals surface area contributed by atoms with Gasteiger partial charge in [0.05, 0.1) is 0 Å². The van der Waals surface area contributed by atoms with Crippen molar-refractivity contribution in [2.75, 3.05) is 24.3 Å². The zero-order chi connectivity index (χ0) is 20.3. The fourth-order valence-corrected chi connectivity index (χ4v) is 3.73. The standard InChI is InChI=1S/C22H31N5O/c1-14-7-6-8-17(13-14)21(28)24-18-9-11-19(12-10-18)25-22-23-16(3)15(2)20(26-22)27(4)5/h6-8,13,18-19H,9-12H2,1-5H3,(H,24,28)(H,23,25,26). The van der Waals surface area contributed by atoms with E-state index >= 15 is 0 Å². The number of benzene rings is 1. The molecule has 0 spiro atoms. The van der Waals surface area contributed by atoms with Crippen molar-refractivity contribution < 1.29 is 4.79 Å². The summed E-state index contributed by atoms with van der Waals surface area (Å²) >= 11 is 0. The van der Waals surface area contributed by atoms with Gasteiger partial charge in [-0.15, -0.1) is 0 Å². The molecule has 1 aliphatic rings. The highest BCUT2D eigenvalue weighted by atomic mass is 16.1. The normalized spacial score (nSPS) is 19.2. The van der Waals surface area contributed by atoms with Crippen molar-refractivity contribution in [2.24, 2.45) is 0 Å². The van der Waals surface area contributed by atoms with E-state index < -0.39 is 0 Å². The maximum atomic E-state index is 12.5. The number of hydrogen-bond donors (Lipinski definition) is 2. The van der Waals surface area contributed by atoms with E-state index in [9.17, 15) is 4.79 Å². The Hall–Kier alpha value is -2.63. The van der Waals surface area contributed by atoms with E-state index in [2.05, 4.69) is 27.5 Å². The van der Waals surface area contributed by atoms with Gasteiger partial charge in [-0.2, -0.15) is 4.98 Å². The number of rotatable bonds is 5. The molecule has 1 heterocycles. The van der Waals surface area contributed by atoms with Crippen molar-refractivity contribution in [1.82, 2.24) is 15.3 Å². The molecule has 0 unspecified atom stereocenters. The summed E-state index contributed by atoms with van der Waals surface area (Å²) in [4.78, 5) is 23.8. The van der Waals surface area contributed by atoms with Gasteiger partial charge < -0.3 is 15.5 Å². The van der Waals surface area contributed by atoms with Crippen LogP contribution in [0.3, 0.4) is 0 Å². The van der Waals surface area contributed by atoms with Crippen LogP contribution in [-0.4, -0.2) is 42.1 Å². The molecule has 1 saturated carbocycles. The van der Waals surface area contributed by atoms with Gasteiger partial charge in [0.2, 0.25) is 5.95 Å². The summed E-state index contributed by atoms with van der Waals surface area (Å²) in [7, 11) is 4.00. The van der Waals surface area contributed by atoms with Crippen LogP contribution >= 0.6 is 0 Å². The van der Waals surface area contributed by atoms with Crippen LogP contribution in [-0.2, 0) is 0 Å². The summed E-state index contributed by atoms with van der Waals surface area (Å²) in [5, 5.41) is 6.68. The molecular weight excluding hydrogens is 350 g/mol. The van der Waals surface area contributed by atoms with Crippen LogP contribution < -0.4 is 15.5 Å². The van der Waals surface area contributed by atoms with Crippen LogP contribution in [0.15, 0.2) is 24.3 Å². The molecule has 2 aromatic rings. The Morgan fingerprint density at radius 1 is 1.04 bits per heavy atom. The first-order chi connectivity index (χ1) is 13.3. The van der Waals surface area contributed by atoms with Crippen molar-refractivity contribution >= 4 is 17.7 Å². The number of carbonyl (C=O) groups is 1. The molecule has 2 N–H and O–H groups in total. The molecule has 0 atom stereocenters. The van der Waals surface area contributed by atoms with Gasteiger partial charge in [0, 0.05) is 43.0 Å². The molecule has 0 aliphatic heterocycles. The summed E-state index contributed by atoms with van der Waals surface area (Å²) in [6, 6.07) is 8.30. The van der Waals surface area contributed by atoms with E-state index in [0.29, 0.717) is 12.0 Å². The second-order valence-corrected chi connectivity index (χ2v) is 8.01. The van der Waals surface area contributed by atoms with Crippen LogP contribution in [0.25, 0.3) is 0 Å². The van der Waals surface area contributed by atoms with Gasteiger partial charge in [-0.3, -0.25) is 4.79 Å². The monoisotopic (exact) mass is 381 g/mol. The topological polar surface area (TPSA) is 70.2 Å². The van der Waals surface area contributed by atoms with Gasteiger partial charge in [0.1, 0.15) is 5.82 Å². The van der Waals surface area contributed by atoms with E-state index in [4.69, 9.17) is 0 Å². The summed E-state index contributed by atoms with van der Waals surface area (Å²) in [6.45, 7) is 6.08. The van der Waals surface area contributed by atoms with E-state index in [-0.39, 0.29) is 11.9 Å². The van der Waals surface area contributed by atoms with Crippen LogP contribution in [0.5, 0.6) is 0 Å². The maximum Gasteiger partial charge on any atom is 0.251 e. The first-order valence-corrected chi connectivity index (χ1v) is 10.00. The largest absolute Gasteiger partial charge is 0.362 e. The van der Waals surface area contributed by atoms with E-state index in [0.717, 1.165) is 53.9 Å². The predicted octanol–water partition coefficient (Wildman–Crippen LogP) is 3.62. The summed E-state index contributed by atoms with van der Waals surface area (Å²) < 4.78 is 0. The number of nitrogens with zero attached hydrogens (tertiary/aromatic N) is 3. The lowest BCUT2D eigenvalue weighted by molar-refractivity contribution is 0.0926. The molecule has 1 aromatic carbocycles. The molecule has 0 bridgehead atoms. The minimum Gasteiger partial charge on any atom is -0.362 e. The number of anilines is 2. The minimum atomic E-state index is 0.0215. The minimum absolute atomic E-state index is 0.0215. The molecule has 1 aliphatic carbocycles. The van der Waals surface area contributed by atoms with Crippen molar-refractivity contribution in [3.8, 4) is 0 Å². The zero-order valence-corrected chi connectivity index (χ0v) is 17.5. The predicted molar refractivity (Wildman–Crippen MR) is 114 cm³/mol. The SMILES string of the molecule is Cc1cccc(C(=O)NC2CCC(Nc3nc(C)c(C)c(N(C)C)n3)CC2)c1. The first kappa shape index (κ1) is 20.1. The van der Waals surface area contributed by atoms with Crippen LogP contribution in [0.2, 0.25) is 0 Å². The highest BCUT2D eigenvalue weighted by Crippen LogP contribution is 2.24. The van der Waals surface area contributed by atoms with Gasteiger partial charge >= 0.3 is 0 Å². The van der Waals surface area contributed by atoms with E-state index in [1.165, 1.54) is 0 Å². The second kappa shape index (κ2) is 8.59. The van der Waals surface area contributed by atoms with Gasteiger partial charge in [-0.25, -0.2) is 4.98 Å². The van der Waals surface area contributed by atoms with Gasteiger partial charge in [0.15, 0.2) is 0 Å². The molecular formula is C22H31N5O. The third-order valence-electron chi connectivity index (χ3n) is 5.46. The lowest BCUT2D eigenvalue weighted by atomic mass is 9.91. The summed E-state index contributed by atoms with van der Waals surface area (Å²) in [6.07, 6.45) is 3.90. The number of aryl methyl sites for hydroxylation is 2. The third-order valence-corrected chi connectivity index (χ3v) is 5.46. The molecule has 1 fully saturated rings. The number of amides is 1. The number of carbonyl (C=O) groups excluding carboxylic acids is 1. The number of nitrogens with one attached hydrogen (secondary N) is 2. The van der Waals surface area contributed by atoms with Crippen molar-refractivity contribution in [1.29, 1.82) is 0 Å². The molecule has 0 radical (unpaired) electrons. The quantitative estimate of drug-likeness (QED) is 0.828. The Kier molecular flexibility index (Phi) is 6.17. The average molecular weight is 382 g/mol. The number of aromatic nitrogens is 2. The molecule has 1 aromatic heterocycles. The molecule has 6 heteroatoms. The van der Waals surface area contributed by atoms with Gasteiger partial charge in [-0.05, 0) is 58.6 Å². The lowest BCUT2D eigenvalue weighted by Crippen LogP contribution is -2.40. The van der Waals surface area contributed by atoms with Gasteiger partial charge in [0.25, 0.3) is 5.91 Å². The highest BCUT2D eigenvalue weighted by molar-refractivity contribution is 5.94. The van der Waals surface area contributed by atoms with Crippen LogP contribution in [0.1, 0.15) is 52.9 Å². The second-order valence-electron chi connectivity index (χ2n) is 8.01. The van der Waals surface area contributed by atoms with Gasteiger partial charge in [-0.1, -0.05) is 17.7 Å². The molecule has 6 nitrogen and oxygen atoms in total. The Balaban J connectivity index is 1.55. The summed E-state index contributed by atoms with van der Waals surface area (Å²) in [5.74, 6) is 1.67. The van der Waals surface area contributed by atoms with Crippen LogP contribution in [0, 0.1) is 20.8 Å². The van der Waals surface area contributed by atoms with Crippen LogP contribution in [0.4, 0.5) is 11.8 Å². The van der Waals surface area contributed by atoms with Crippen molar-refractivity contribution in [3.05, 3.63) is 46.6 Å². The Morgan fingerprint density at radius 2 is 1.71 bits per heavy atom. The Morgan fingerprint density at radius 3 is 2.36 bits per heavy atom. The average Bonchev–Trinajstić information content (AvgIpc) is 2.66. The first-order valence-electron chi connectivity index (χ1n) is 10.00. The van der Waals surface area contributed by atoms with Crippen molar-refractivity contribution in [3.63, 3.8) is 0 Å². The van der Waals surface area contributed by atoms with Crippen molar-refractivity contribution in [2.45, 2.75) is 58.5 Å². The molecule has 1 amide bonds. The Bertz CT molecular complexity index is 841. The van der Waals surface area contributed by atoms with E-state index in [1.807, 2.05) is 57.1 Å². The fraction of sp³-hybridized carbons (Fsp3) is 0.500. The highest BCUT2D eigenvalue weighted by Gasteiger charge is 2.24. The third kappa shape index (κ3) is 4.80. The Labute approximate surface area is 167 Å². The lowest BCUT2D eigenvalue weighted by Gasteiger charge is -2.30. The zero-order valence-electron chi connectivity index (χ0n) is 17.5. The molecule has 28 heavy (non-hydrogen) atoms. The maximum absolute atomic E-state index is 12.5. The molecule has 0 saturated heterocycles. The fourth-order valence-electron chi connectivity index (χ4n) is 3.73. The number of hydrogen-bond acceptors (Lipinski definition) is 5. The smallest absolute Gasteiger partial charge is 0.251 e. The molecule has 150 valence electrons. The van der Waals surface area contributed by atoms with E-state index in [1.54, 1.807) is 0 Å².